The highest BCUT2D eigenvalue weighted by molar-refractivity contribution is 4.89. The average molecular weight is 178 g/mol. The van der Waals surface area contributed by atoms with Gasteiger partial charge in [-0.15, -0.1) is 0 Å². The van der Waals surface area contributed by atoms with Crippen LogP contribution < -0.4 is 0 Å². The SMILES string of the molecule is C[C@@H]1OC(CO)C(O)[C@H](O)C1O. The van der Waals surface area contributed by atoms with Gasteiger partial charge in [0.1, 0.15) is 24.4 Å². The summed E-state index contributed by atoms with van der Waals surface area (Å²) >= 11 is 0. The molecule has 5 heteroatoms. The lowest BCUT2D eigenvalue weighted by Gasteiger charge is -2.38. The van der Waals surface area contributed by atoms with E-state index in [1.165, 1.54) is 0 Å². The van der Waals surface area contributed by atoms with E-state index in [9.17, 15) is 15.3 Å². The van der Waals surface area contributed by atoms with Crippen LogP contribution in [0.2, 0.25) is 0 Å². The molecule has 1 heterocycles. The first-order valence-corrected chi connectivity index (χ1v) is 3.88. The van der Waals surface area contributed by atoms with Crippen LogP contribution in [-0.2, 0) is 4.74 Å². The molecule has 1 rings (SSSR count). The zero-order chi connectivity index (χ0) is 9.30. The van der Waals surface area contributed by atoms with Crippen molar-refractivity contribution in [3.05, 3.63) is 0 Å². The van der Waals surface area contributed by atoms with Gasteiger partial charge in [0, 0.05) is 0 Å². The lowest BCUT2D eigenvalue weighted by Crippen LogP contribution is -2.57. The van der Waals surface area contributed by atoms with Gasteiger partial charge < -0.3 is 25.2 Å². The quantitative estimate of drug-likeness (QED) is 0.367. The van der Waals surface area contributed by atoms with Gasteiger partial charge >= 0.3 is 0 Å². The summed E-state index contributed by atoms with van der Waals surface area (Å²) in [6, 6.07) is 0. The van der Waals surface area contributed by atoms with Crippen LogP contribution in [0, 0.1) is 0 Å². The van der Waals surface area contributed by atoms with E-state index >= 15 is 0 Å². The zero-order valence-electron chi connectivity index (χ0n) is 6.79. The summed E-state index contributed by atoms with van der Waals surface area (Å²) in [6.07, 6.45) is -4.94. The second kappa shape index (κ2) is 3.68. The minimum Gasteiger partial charge on any atom is -0.394 e. The standard InChI is InChI=1S/C7H14O5/c1-3-5(9)7(11)6(10)4(2-8)12-3/h3-11H,2H2,1H3/t3-,4?,5?,6?,7+/m0/s1. The minimum absolute atomic E-state index is 0.366. The third-order valence-corrected chi connectivity index (χ3v) is 2.13. The number of ether oxygens (including phenoxy) is 1. The molecule has 5 atom stereocenters. The van der Waals surface area contributed by atoms with Crippen molar-refractivity contribution < 1.29 is 25.2 Å². The van der Waals surface area contributed by atoms with Crippen LogP contribution in [0.25, 0.3) is 0 Å². The van der Waals surface area contributed by atoms with Gasteiger partial charge in [0.05, 0.1) is 12.7 Å². The van der Waals surface area contributed by atoms with Gasteiger partial charge in [-0.1, -0.05) is 0 Å². The molecule has 1 aliphatic rings. The van der Waals surface area contributed by atoms with Gasteiger partial charge in [-0.3, -0.25) is 0 Å². The van der Waals surface area contributed by atoms with Crippen LogP contribution in [-0.4, -0.2) is 57.6 Å². The lowest BCUT2D eigenvalue weighted by molar-refractivity contribution is -0.224. The fourth-order valence-corrected chi connectivity index (χ4v) is 1.29. The number of rotatable bonds is 1. The summed E-state index contributed by atoms with van der Waals surface area (Å²) in [5.41, 5.74) is 0. The number of hydrogen-bond donors (Lipinski definition) is 4. The van der Waals surface area contributed by atoms with E-state index in [1.54, 1.807) is 6.92 Å². The predicted molar refractivity (Wildman–Crippen MR) is 39.4 cm³/mol. The van der Waals surface area contributed by atoms with Crippen LogP contribution in [0.15, 0.2) is 0 Å². The monoisotopic (exact) mass is 178 g/mol. The summed E-state index contributed by atoms with van der Waals surface area (Å²) in [7, 11) is 0. The summed E-state index contributed by atoms with van der Waals surface area (Å²) in [5, 5.41) is 36.4. The van der Waals surface area contributed by atoms with Crippen LogP contribution >= 0.6 is 0 Å². The van der Waals surface area contributed by atoms with Gasteiger partial charge in [0.25, 0.3) is 0 Å². The van der Waals surface area contributed by atoms with Crippen molar-refractivity contribution in [3.8, 4) is 0 Å². The highest BCUT2D eigenvalue weighted by Crippen LogP contribution is 2.20. The highest BCUT2D eigenvalue weighted by Gasteiger charge is 2.41. The van der Waals surface area contributed by atoms with Crippen molar-refractivity contribution in [2.75, 3.05) is 6.61 Å². The zero-order valence-corrected chi connectivity index (χ0v) is 6.79. The van der Waals surface area contributed by atoms with E-state index in [1.807, 2.05) is 0 Å². The molecule has 1 fully saturated rings. The maximum atomic E-state index is 9.23. The molecule has 1 saturated heterocycles. The van der Waals surface area contributed by atoms with Gasteiger partial charge in [-0.05, 0) is 6.92 Å². The van der Waals surface area contributed by atoms with Crippen molar-refractivity contribution in [1.29, 1.82) is 0 Å². The Labute approximate surface area is 70.2 Å². The molecule has 4 N–H and O–H groups in total. The normalized spacial score (nSPS) is 49.2. The van der Waals surface area contributed by atoms with E-state index in [0.717, 1.165) is 0 Å². The van der Waals surface area contributed by atoms with Crippen LogP contribution in [0.1, 0.15) is 6.92 Å². The minimum atomic E-state index is -1.24. The number of hydrogen-bond acceptors (Lipinski definition) is 5. The Kier molecular flexibility index (Phi) is 3.03. The molecule has 5 nitrogen and oxygen atoms in total. The first kappa shape index (κ1) is 9.88. The van der Waals surface area contributed by atoms with E-state index in [2.05, 4.69) is 0 Å². The van der Waals surface area contributed by atoms with Crippen molar-refractivity contribution >= 4 is 0 Å². The summed E-state index contributed by atoms with van der Waals surface area (Å²) in [5.74, 6) is 0. The fourth-order valence-electron chi connectivity index (χ4n) is 1.29. The van der Waals surface area contributed by atoms with Crippen molar-refractivity contribution in [1.82, 2.24) is 0 Å². The molecule has 0 aromatic heterocycles. The van der Waals surface area contributed by atoms with Gasteiger partial charge in [0.15, 0.2) is 0 Å². The van der Waals surface area contributed by atoms with Crippen LogP contribution in [0.3, 0.4) is 0 Å². The second-order valence-electron chi connectivity index (χ2n) is 3.03. The largest absolute Gasteiger partial charge is 0.394 e. The number of aliphatic hydroxyl groups is 4. The molecule has 72 valence electrons. The molecule has 0 aromatic rings. The molecule has 1 aliphatic heterocycles. The number of aliphatic hydroxyl groups excluding tert-OH is 4. The van der Waals surface area contributed by atoms with E-state index in [4.69, 9.17) is 9.84 Å². The Morgan fingerprint density at radius 3 is 2.17 bits per heavy atom. The predicted octanol–water partition coefficient (Wildman–Crippen LogP) is -2.15. The first-order valence-electron chi connectivity index (χ1n) is 3.88. The topological polar surface area (TPSA) is 90.2 Å². The molecule has 12 heavy (non-hydrogen) atoms. The molecule has 3 unspecified atom stereocenters. The Hall–Kier alpha value is -0.200. The maximum absolute atomic E-state index is 9.23. The van der Waals surface area contributed by atoms with E-state index in [0.29, 0.717) is 0 Å². The Bertz CT molecular complexity index is 146. The Morgan fingerprint density at radius 1 is 1.08 bits per heavy atom. The smallest absolute Gasteiger partial charge is 0.111 e. The van der Waals surface area contributed by atoms with Crippen molar-refractivity contribution in [2.24, 2.45) is 0 Å². The summed E-state index contributed by atoms with van der Waals surface area (Å²) in [6.45, 7) is 1.21. The van der Waals surface area contributed by atoms with Crippen molar-refractivity contribution in [2.45, 2.75) is 37.4 Å². The molecule has 0 aromatic carbocycles. The molecular weight excluding hydrogens is 164 g/mol. The summed E-state index contributed by atoms with van der Waals surface area (Å²) < 4.78 is 5.02. The van der Waals surface area contributed by atoms with E-state index in [-0.39, 0.29) is 6.61 Å². The molecule has 0 aliphatic carbocycles. The summed E-state index contributed by atoms with van der Waals surface area (Å²) in [4.78, 5) is 0. The molecule has 0 saturated carbocycles. The Morgan fingerprint density at radius 2 is 1.67 bits per heavy atom. The molecule has 0 radical (unpaired) electrons. The molecule has 0 bridgehead atoms. The highest BCUT2D eigenvalue weighted by atomic mass is 16.5. The lowest BCUT2D eigenvalue weighted by atomic mass is 9.96. The van der Waals surface area contributed by atoms with Gasteiger partial charge in [0.2, 0.25) is 0 Å². The fraction of sp³-hybridized carbons (Fsp3) is 1.00. The first-order chi connectivity index (χ1) is 5.57. The Balaban J connectivity index is 2.63. The van der Waals surface area contributed by atoms with Crippen LogP contribution in [0.5, 0.6) is 0 Å². The third kappa shape index (κ3) is 1.60. The third-order valence-electron chi connectivity index (χ3n) is 2.13. The molecule has 0 spiro atoms. The maximum Gasteiger partial charge on any atom is 0.111 e. The second-order valence-corrected chi connectivity index (χ2v) is 3.03. The van der Waals surface area contributed by atoms with Crippen LogP contribution in [0.4, 0.5) is 0 Å². The average Bonchev–Trinajstić information content (AvgIpc) is 2.08. The molecular formula is C7H14O5. The molecule has 0 amide bonds. The van der Waals surface area contributed by atoms with Gasteiger partial charge in [-0.25, -0.2) is 0 Å². The van der Waals surface area contributed by atoms with Crippen molar-refractivity contribution in [3.63, 3.8) is 0 Å². The van der Waals surface area contributed by atoms with E-state index < -0.39 is 30.5 Å². The van der Waals surface area contributed by atoms with Gasteiger partial charge in [-0.2, -0.15) is 0 Å².